The van der Waals surface area contributed by atoms with Gasteiger partial charge in [0, 0.05) is 39.8 Å². The SMILES string of the molecule is COCc1nc(N2CCN[C@@H](C)C2)c2cnn(C)c2n1. The van der Waals surface area contributed by atoms with Crippen LogP contribution in [0, 0.1) is 0 Å². The molecule has 3 heterocycles. The van der Waals surface area contributed by atoms with Crippen molar-refractivity contribution in [1.82, 2.24) is 25.1 Å². The van der Waals surface area contributed by atoms with Crippen molar-refractivity contribution in [3.63, 3.8) is 0 Å². The molecule has 0 spiro atoms. The van der Waals surface area contributed by atoms with E-state index in [4.69, 9.17) is 4.74 Å². The molecule has 0 unspecified atom stereocenters. The predicted octanol–water partition coefficient (Wildman–Crippen LogP) is 0.308. The fourth-order valence-electron chi connectivity index (χ4n) is 2.61. The Kier molecular flexibility index (Phi) is 3.54. The normalized spacial score (nSPS) is 19.8. The van der Waals surface area contributed by atoms with Gasteiger partial charge in [-0.1, -0.05) is 0 Å². The first kappa shape index (κ1) is 13.3. The first-order valence-corrected chi connectivity index (χ1v) is 6.85. The number of aryl methyl sites for hydroxylation is 1. The van der Waals surface area contributed by atoms with E-state index >= 15 is 0 Å². The maximum Gasteiger partial charge on any atom is 0.163 e. The number of methoxy groups -OCH3 is 1. The lowest BCUT2D eigenvalue weighted by Crippen LogP contribution is -2.49. The Morgan fingerprint density at radius 2 is 2.30 bits per heavy atom. The number of hydrogen-bond acceptors (Lipinski definition) is 6. The molecule has 1 aliphatic heterocycles. The van der Waals surface area contributed by atoms with Gasteiger partial charge in [0.15, 0.2) is 11.5 Å². The first-order valence-electron chi connectivity index (χ1n) is 6.85. The van der Waals surface area contributed by atoms with E-state index in [0.717, 1.165) is 36.5 Å². The minimum atomic E-state index is 0.412. The highest BCUT2D eigenvalue weighted by Gasteiger charge is 2.21. The highest BCUT2D eigenvalue weighted by atomic mass is 16.5. The van der Waals surface area contributed by atoms with E-state index in [9.17, 15) is 0 Å². The molecule has 20 heavy (non-hydrogen) atoms. The van der Waals surface area contributed by atoms with Crippen LogP contribution >= 0.6 is 0 Å². The molecule has 7 heteroatoms. The molecule has 1 atom stereocenters. The lowest BCUT2D eigenvalue weighted by Gasteiger charge is -2.33. The van der Waals surface area contributed by atoms with E-state index in [1.54, 1.807) is 11.8 Å². The van der Waals surface area contributed by atoms with Gasteiger partial charge in [0.25, 0.3) is 0 Å². The third kappa shape index (κ3) is 2.34. The second kappa shape index (κ2) is 5.34. The summed E-state index contributed by atoms with van der Waals surface area (Å²) in [5.74, 6) is 1.66. The summed E-state index contributed by atoms with van der Waals surface area (Å²) in [6.45, 7) is 5.44. The largest absolute Gasteiger partial charge is 0.377 e. The quantitative estimate of drug-likeness (QED) is 0.870. The average Bonchev–Trinajstić information content (AvgIpc) is 2.80. The highest BCUT2D eigenvalue weighted by Crippen LogP contribution is 2.24. The molecule has 7 nitrogen and oxygen atoms in total. The maximum absolute atomic E-state index is 5.17. The zero-order chi connectivity index (χ0) is 14.1. The Morgan fingerprint density at radius 3 is 3.05 bits per heavy atom. The van der Waals surface area contributed by atoms with Crippen molar-refractivity contribution >= 4 is 16.9 Å². The molecule has 3 rings (SSSR count). The standard InChI is InChI=1S/C13H20N6O/c1-9-7-19(5-4-14-9)13-10-6-15-18(2)12(10)16-11(17-13)8-20-3/h6,9,14H,4-5,7-8H2,1-3H3/t9-/m0/s1. The average molecular weight is 276 g/mol. The van der Waals surface area contributed by atoms with Crippen LogP contribution in [0.1, 0.15) is 12.7 Å². The summed E-state index contributed by atoms with van der Waals surface area (Å²) in [4.78, 5) is 11.5. The number of piperazine rings is 1. The summed E-state index contributed by atoms with van der Waals surface area (Å²) in [5, 5.41) is 8.75. The molecule has 1 fully saturated rings. The monoisotopic (exact) mass is 276 g/mol. The highest BCUT2D eigenvalue weighted by molar-refractivity contribution is 5.87. The fourth-order valence-corrected chi connectivity index (χ4v) is 2.61. The van der Waals surface area contributed by atoms with Gasteiger partial charge >= 0.3 is 0 Å². The van der Waals surface area contributed by atoms with Gasteiger partial charge in [0.2, 0.25) is 0 Å². The lowest BCUT2D eigenvalue weighted by atomic mass is 10.2. The molecule has 0 amide bonds. The van der Waals surface area contributed by atoms with Gasteiger partial charge in [-0.15, -0.1) is 0 Å². The van der Waals surface area contributed by atoms with Gasteiger partial charge in [-0.2, -0.15) is 5.10 Å². The topological polar surface area (TPSA) is 68.1 Å². The van der Waals surface area contributed by atoms with Gasteiger partial charge in [0.05, 0.1) is 11.6 Å². The summed E-state index contributed by atoms with van der Waals surface area (Å²) in [6, 6.07) is 0.455. The summed E-state index contributed by atoms with van der Waals surface area (Å²) < 4.78 is 6.95. The van der Waals surface area contributed by atoms with Crippen molar-refractivity contribution in [2.75, 3.05) is 31.6 Å². The summed E-state index contributed by atoms with van der Waals surface area (Å²) >= 11 is 0. The minimum Gasteiger partial charge on any atom is -0.377 e. The van der Waals surface area contributed by atoms with Crippen molar-refractivity contribution in [3.05, 3.63) is 12.0 Å². The summed E-state index contributed by atoms with van der Waals surface area (Å²) in [7, 11) is 3.56. The Bertz CT molecular complexity index is 610. The third-order valence-corrected chi connectivity index (χ3v) is 3.56. The third-order valence-electron chi connectivity index (χ3n) is 3.56. The Morgan fingerprint density at radius 1 is 1.45 bits per heavy atom. The van der Waals surface area contributed by atoms with Crippen LogP contribution in [0.2, 0.25) is 0 Å². The molecule has 0 aliphatic carbocycles. The van der Waals surface area contributed by atoms with Crippen LogP contribution in [0.5, 0.6) is 0 Å². The van der Waals surface area contributed by atoms with Crippen molar-refractivity contribution in [2.24, 2.45) is 7.05 Å². The molecule has 1 N–H and O–H groups in total. The number of rotatable bonds is 3. The van der Waals surface area contributed by atoms with E-state index in [0.29, 0.717) is 18.5 Å². The van der Waals surface area contributed by atoms with Crippen molar-refractivity contribution in [2.45, 2.75) is 19.6 Å². The van der Waals surface area contributed by atoms with E-state index in [1.165, 1.54) is 0 Å². The molecule has 0 saturated carbocycles. The van der Waals surface area contributed by atoms with Gasteiger partial charge in [0.1, 0.15) is 12.4 Å². The van der Waals surface area contributed by atoms with Crippen molar-refractivity contribution in [3.8, 4) is 0 Å². The Balaban J connectivity index is 2.07. The number of hydrogen-bond donors (Lipinski definition) is 1. The molecule has 0 radical (unpaired) electrons. The van der Waals surface area contributed by atoms with E-state index in [1.807, 2.05) is 13.2 Å². The Labute approximate surface area is 117 Å². The predicted molar refractivity (Wildman–Crippen MR) is 76.7 cm³/mol. The van der Waals surface area contributed by atoms with E-state index in [-0.39, 0.29) is 0 Å². The van der Waals surface area contributed by atoms with E-state index in [2.05, 4.69) is 32.2 Å². The summed E-state index contributed by atoms with van der Waals surface area (Å²) in [6.07, 6.45) is 1.84. The van der Waals surface area contributed by atoms with Crippen molar-refractivity contribution in [1.29, 1.82) is 0 Å². The van der Waals surface area contributed by atoms with E-state index < -0.39 is 0 Å². The molecule has 108 valence electrons. The fraction of sp³-hybridized carbons (Fsp3) is 0.615. The number of nitrogens with one attached hydrogen (secondary N) is 1. The van der Waals surface area contributed by atoms with Gasteiger partial charge in [-0.25, -0.2) is 9.97 Å². The molecule has 1 saturated heterocycles. The molecule has 2 aromatic rings. The van der Waals surface area contributed by atoms with Crippen molar-refractivity contribution < 1.29 is 4.74 Å². The second-order valence-electron chi connectivity index (χ2n) is 5.20. The molecule has 0 aromatic carbocycles. The van der Waals surface area contributed by atoms with Gasteiger partial charge in [-0.05, 0) is 6.92 Å². The zero-order valence-electron chi connectivity index (χ0n) is 12.1. The van der Waals surface area contributed by atoms with Crippen LogP contribution in [-0.4, -0.2) is 52.5 Å². The molecule has 1 aliphatic rings. The Hall–Kier alpha value is -1.73. The number of nitrogens with zero attached hydrogens (tertiary/aromatic N) is 5. The van der Waals surface area contributed by atoms with Crippen LogP contribution in [-0.2, 0) is 18.4 Å². The molecule has 2 aromatic heterocycles. The van der Waals surface area contributed by atoms with Gasteiger partial charge < -0.3 is 15.0 Å². The number of anilines is 1. The maximum atomic E-state index is 5.17. The molecular weight excluding hydrogens is 256 g/mol. The van der Waals surface area contributed by atoms with Crippen LogP contribution in [0.4, 0.5) is 5.82 Å². The van der Waals surface area contributed by atoms with Crippen LogP contribution in [0.15, 0.2) is 6.20 Å². The zero-order valence-corrected chi connectivity index (χ0v) is 12.1. The first-order chi connectivity index (χ1) is 9.69. The smallest absolute Gasteiger partial charge is 0.163 e. The lowest BCUT2D eigenvalue weighted by molar-refractivity contribution is 0.178. The van der Waals surface area contributed by atoms with Crippen LogP contribution in [0.25, 0.3) is 11.0 Å². The molecule has 0 bridgehead atoms. The number of ether oxygens (including phenoxy) is 1. The minimum absolute atomic E-state index is 0.412. The number of fused-ring (bicyclic) bond motifs is 1. The van der Waals surface area contributed by atoms with Crippen LogP contribution in [0.3, 0.4) is 0 Å². The van der Waals surface area contributed by atoms with Crippen LogP contribution < -0.4 is 10.2 Å². The van der Waals surface area contributed by atoms with Gasteiger partial charge in [-0.3, -0.25) is 4.68 Å². The summed E-state index contributed by atoms with van der Waals surface area (Å²) in [5.41, 5.74) is 0.855. The number of aromatic nitrogens is 4. The molecular formula is C13H20N6O. The second-order valence-corrected chi connectivity index (χ2v) is 5.20.